The molecule has 2 aromatic carbocycles. The molecular formula is C15H18N2O2S. The van der Waals surface area contributed by atoms with Gasteiger partial charge >= 0.3 is 0 Å². The standard InChI is InChI=1S/C15H18N2O2S/c1-11-6-3-4-9-15(11)20(18,19)17-14-8-5-7-13(10-14)12(2)16/h3-10,12,17H,16H2,1-2H3. The van der Waals surface area contributed by atoms with Crippen molar-refractivity contribution in [2.75, 3.05) is 4.72 Å². The third-order valence-corrected chi connectivity index (χ3v) is 4.59. The molecule has 106 valence electrons. The molecule has 0 radical (unpaired) electrons. The van der Waals surface area contributed by atoms with E-state index in [0.29, 0.717) is 11.3 Å². The van der Waals surface area contributed by atoms with Crippen molar-refractivity contribution in [2.45, 2.75) is 24.8 Å². The predicted octanol–water partition coefficient (Wildman–Crippen LogP) is 2.82. The Bertz CT molecular complexity index is 709. The van der Waals surface area contributed by atoms with Gasteiger partial charge in [-0.2, -0.15) is 0 Å². The minimum absolute atomic E-state index is 0.141. The summed E-state index contributed by atoms with van der Waals surface area (Å²) in [6, 6.07) is 13.9. The molecule has 2 aromatic rings. The Hall–Kier alpha value is -1.85. The molecule has 1 atom stereocenters. The molecule has 20 heavy (non-hydrogen) atoms. The lowest BCUT2D eigenvalue weighted by atomic mass is 10.1. The van der Waals surface area contributed by atoms with E-state index in [9.17, 15) is 8.42 Å². The van der Waals surface area contributed by atoms with Gasteiger partial charge in [0.1, 0.15) is 0 Å². The van der Waals surface area contributed by atoms with E-state index < -0.39 is 10.0 Å². The van der Waals surface area contributed by atoms with Crippen molar-refractivity contribution in [3.8, 4) is 0 Å². The highest BCUT2D eigenvalue weighted by molar-refractivity contribution is 7.92. The zero-order chi connectivity index (χ0) is 14.8. The van der Waals surface area contributed by atoms with Crippen molar-refractivity contribution in [3.05, 3.63) is 59.7 Å². The van der Waals surface area contributed by atoms with Gasteiger partial charge < -0.3 is 5.73 Å². The molecule has 1 unspecified atom stereocenters. The molecule has 0 spiro atoms. The molecule has 0 aliphatic carbocycles. The Balaban J connectivity index is 2.34. The summed E-state index contributed by atoms with van der Waals surface area (Å²) in [7, 11) is -3.58. The van der Waals surface area contributed by atoms with Crippen LogP contribution < -0.4 is 10.5 Å². The van der Waals surface area contributed by atoms with Crippen LogP contribution in [0.25, 0.3) is 0 Å². The lowest BCUT2D eigenvalue weighted by molar-refractivity contribution is 0.600. The number of hydrogen-bond acceptors (Lipinski definition) is 3. The SMILES string of the molecule is Cc1ccccc1S(=O)(=O)Nc1cccc(C(C)N)c1. The van der Waals surface area contributed by atoms with Crippen molar-refractivity contribution >= 4 is 15.7 Å². The van der Waals surface area contributed by atoms with Crippen LogP contribution in [-0.2, 0) is 10.0 Å². The summed E-state index contributed by atoms with van der Waals surface area (Å²) in [5.41, 5.74) is 7.92. The Kier molecular flexibility index (Phi) is 4.11. The number of anilines is 1. The number of nitrogens with one attached hydrogen (secondary N) is 1. The zero-order valence-electron chi connectivity index (χ0n) is 11.5. The van der Waals surface area contributed by atoms with Gasteiger partial charge in [-0.3, -0.25) is 4.72 Å². The first-order valence-electron chi connectivity index (χ1n) is 6.34. The van der Waals surface area contributed by atoms with Gasteiger partial charge in [-0.1, -0.05) is 30.3 Å². The Labute approximate surface area is 119 Å². The van der Waals surface area contributed by atoms with Gasteiger partial charge in [-0.15, -0.1) is 0 Å². The summed E-state index contributed by atoms with van der Waals surface area (Å²) in [5, 5.41) is 0. The van der Waals surface area contributed by atoms with Crippen LogP contribution in [0.1, 0.15) is 24.1 Å². The number of benzene rings is 2. The molecular weight excluding hydrogens is 272 g/mol. The van der Waals surface area contributed by atoms with Gasteiger partial charge in [0.2, 0.25) is 0 Å². The molecule has 0 aromatic heterocycles. The fourth-order valence-electron chi connectivity index (χ4n) is 1.95. The van der Waals surface area contributed by atoms with Gasteiger partial charge in [-0.25, -0.2) is 8.42 Å². The average molecular weight is 290 g/mol. The second-order valence-electron chi connectivity index (χ2n) is 4.79. The van der Waals surface area contributed by atoms with Gasteiger partial charge in [0.25, 0.3) is 10.0 Å². The number of hydrogen-bond donors (Lipinski definition) is 2. The largest absolute Gasteiger partial charge is 0.324 e. The number of sulfonamides is 1. The molecule has 0 amide bonds. The van der Waals surface area contributed by atoms with Gasteiger partial charge in [0.15, 0.2) is 0 Å². The van der Waals surface area contributed by atoms with Crippen molar-refractivity contribution in [1.29, 1.82) is 0 Å². The molecule has 0 saturated heterocycles. The first-order valence-corrected chi connectivity index (χ1v) is 7.82. The summed E-state index contributed by atoms with van der Waals surface area (Å²) in [4.78, 5) is 0.284. The molecule has 3 N–H and O–H groups in total. The quantitative estimate of drug-likeness (QED) is 0.909. The third kappa shape index (κ3) is 3.18. The molecule has 5 heteroatoms. The second-order valence-corrected chi connectivity index (χ2v) is 6.44. The highest BCUT2D eigenvalue weighted by Crippen LogP contribution is 2.21. The Morgan fingerprint density at radius 2 is 1.80 bits per heavy atom. The van der Waals surface area contributed by atoms with E-state index in [-0.39, 0.29) is 10.9 Å². The smallest absolute Gasteiger partial charge is 0.262 e. The van der Waals surface area contributed by atoms with E-state index in [0.717, 1.165) is 5.56 Å². The van der Waals surface area contributed by atoms with Gasteiger partial charge in [0.05, 0.1) is 4.90 Å². The Morgan fingerprint density at radius 3 is 2.45 bits per heavy atom. The van der Waals surface area contributed by atoms with Crippen molar-refractivity contribution in [3.63, 3.8) is 0 Å². The van der Waals surface area contributed by atoms with Crippen LogP contribution in [0.4, 0.5) is 5.69 Å². The second kappa shape index (κ2) is 5.64. The normalized spacial score (nSPS) is 12.9. The van der Waals surface area contributed by atoms with E-state index >= 15 is 0 Å². The van der Waals surface area contributed by atoms with Crippen LogP contribution in [0.15, 0.2) is 53.4 Å². The topological polar surface area (TPSA) is 72.2 Å². The summed E-state index contributed by atoms with van der Waals surface area (Å²) >= 11 is 0. The lowest BCUT2D eigenvalue weighted by Gasteiger charge is -2.12. The fourth-order valence-corrected chi connectivity index (χ4v) is 3.25. The van der Waals surface area contributed by atoms with Crippen LogP contribution in [-0.4, -0.2) is 8.42 Å². The van der Waals surface area contributed by atoms with Crippen LogP contribution in [0.5, 0.6) is 0 Å². The van der Waals surface area contributed by atoms with Crippen LogP contribution in [0.2, 0.25) is 0 Å². The van der Waals surface area contributed by atoms with Gasteiger partial charge in [0, 0.05) is 11.7 Å². The lowest BCUT2D eigenvalue weighted by Crippen LogP contribution is -2.14. The summed E-state index contributed by atoms with van der Waals surface area (Å²) in [5.74, 6) is 0. The number of rotatable bonds is 4. The van der Waals surface area contributed by atoms with E-state index in [4.69, 9.17) is 5.73 Å². The van der Waals surface area contributed by atoms with E-state index in [1.807, 2.05) is 19.1 Å². The van der Waals surface area contributed by atoms with Crippen molar-refractivity contribution < 1.29 is 8.42 Å². The van der Waals surface area contributed by atoms with Crippen LogP contribution in [0, 0.1) is 6.92 Å². The van der Waals surface area contributed by atoms with Gasteiger partial charge in [-0.05, 0) is 43.2 Å². The minimum Gasteiger partial charge on any atom is -0.324 e. The summed E-state index contributed by atoms with van der Waals surface area (Å²) in [6.07, 6.45) is 0. The first kappa shape index (κ1) is 14.6. The minimum atomic E-state index is -3.58. The fraction of sp³-hybridized carbons (Fsp3) is 0.200. The maximum Gasteiger partial charge on any atom is 0.262 e. The first-order chi connectivity index (χ1) is 9.40. The van der Waals surface area contributed by atoms with Crippen LogP contribution >= 0.6 is 0 Å². The van der Waals surface area contributed by atoms with Crippen LogP contribution in [0.3, 0.4) is 0 Å². The molecule has 0 saturated carbocycles. The average Bonchev–Trinajstić information content (AvgIpc) is 2.38. The summed E-state index contributed by atoms with van der Waals surface area (Å²) in [6.45, 7) is 3.63. The van der Waals surface area contributed by atoms with E-state index in [1.54, 1.807) is 43.3 Å². The van der Waals surface area contributed by atoms with Crippen molar-refractivity contribution in [2.24, 2.45) is 5.73 Å². The molecule has 0 heterocycles. The maximum absolute atomic E-state index is 12.4. The zero-order valence-corrected chi connectivity index (χ0v) is 12.3. The Morgan fingerprint density at radius 1 is 1.10 bits per heavy atom. The summed E-state index contributed by atoms with van der Waals surface area (Å²) < 4.78 is 27.3. The molecule has 2 rings (SSSR count). The third-order valence-electron chi connectivity index (χ3n) is 3.05. The van der Waals surface area contributed by atoms with Crippen molar-refractivity contribution in [1.82, 2.24) is 0 Å². The molecule has 0 aliphatic heterocycles. The monoisotopic (exact) mass is 290 g/mol. The molecule has 0 aliphatic rings. The van der Waals surface area contributed by atoms with E-state index in [2.05, 4.69) is 4.72 Å². The highest BCUT2D eigenvalue weighted by Gasteiger charge is 2.16. The maximum atomic E-state index is 12.4. The van der Waals surface area contributed by atoms with E-state index in [1.165, 1.54) is 0 Å². The predicted molar refractivity (Wildman–Crippen MR) is 81.0 cm³/mol. The highest BCUT2D eigenvalue weighted by atomic mass is 32.2. The molecule has 0 bridgehead atoms. The number of nitrogens with two attached hydrogens (primary N) is 1. The molecule has 4 nitrogen and oxygen atoms in total. The number of aryl methyl sites for hydroxylation is 1. The molecule has 0 fully saturated rings.